The Bertz CT molecular complexity index is 494. The van der Waals surface area contributed by atoms with Crippen molar-refractivity contribution in [2.75, 3.05) is 0 Å². The fourth-order valence-corrected chi connectivity index (χ4v) is 4.69. The third kappa shape index (κ3) is 3.37. The number of carboxylic acids is 4. The van der Waals surface area contributed by atoms with Gasteiger partial charge < -0.3 is 20.4 Å². The van der Waals surface area contributed by atoms with Gasteiger partial charge in [0.2, 0.25) is 0 Å². The summed E-state index contributed by atoms with van der Waals surface area (Å²) in [5.41, 5.74) is 0. The van der Waals surface area contributed by atoms with Crippen molar-refractivity contribution < 1.29 is 39.6 Å². The molecule has 2 saturated carbocycles. The van der Waals surface area contributed by atoms with E-state index in [9.17, 15) is 39.6 Å². The molecule has 8 nitrogen and oxygen atoms in total. The van der Waals surface area contributed by atoms with E-state index in [4.69, 9.17) is 0 Å². The Hall–Kier alpha value is -2.12. The number of rotatable bonds is 5. The maximum absolute atomic E-state index is 11.7. The second kappa shape index (κ2) is 7.19. The fraction of sp³-hybridized carbons (Fsp3) is 0.750. The number of carboxylic acid groups (broad SMARTS) is 4. The highest BCUT2D eigenvalue weighted by Crippen LogP contribution is 2.48. The lowest BCUT2D eigenvalue weighted by molar-refractivity contribution is -0.167. The Morgan fingerprint density at radius 3 is 1.12 bits per heavy atom. The van der Waals surface area contributed by atoms with Crippen LogP contribution in [-0.2, 0) is 19.2 Å². The van der Waals surface area contributed by atoms with E-state index < -0.39 is 59.4 Å². The molecule has 0 heterocycles. The Morgan fingerprint density at radius 2 is 0.875 bits per heavy atom. The summed E-state index contributed by atoms with van der Waals surface area (Å²) in [6.45, 7) is 0. The molecule has 2 rings (SSSR count). The molecule has 0 aromatic carbocycles. The molecule has 0 amide bonds. The molecular weight excluding hydrogens is 320 g/mol. The third-order valence-electron chi connectivity index (χ3n) is 5.65. The summed E-state index contributed by atoms with van der Waals surface area (Å²) >= 11 is 0. The summed E-state index contributed by atoms with van der Waals surface area (Å²) in [5.74, 6) is -10.6. The Balaban J connectivity index is 2.37. The second-order valence-corrected chi connectivity index (χ2v) is 6.81. The molecule has 0 radical (unpaired) electrons. The maximum Gasteiger partial charge on any atom is 0.307 e. The van der Waals surface area contributed by atoms with Crippen LogP contribution in [0.5, 0.6) is 0 Å². The average Bonchev–Trinajstić information content (AvgIpc) is 2.52. The van der Waals surface area contributed by atoms with Gasteiger partial charge in [0.1, 0.15) is 0 Å². The quantitative estimate of drug-likeness (QED) is 0.585. The molecule has 6 atom stereocenters. The predicted molar refractivity (Wildman–Crippen MR) is 79.2 cm³/mol. The summed E-state index contributed by atoms with van der Waals surface area (Å²) in [7, 11) is 0. The lowest BCUT2D eigenvalue weighted by atomic mass is 9.59. The molecule has 2 aliphatic rings. The lowest BCUT2D eigenvalue weighted by Crippen LogP contribution is -2.48. The molecular formula is C16H22O8. The minimum Gasteiger partial charge on any atom is -0.481 e. The van der Waals surface area contributed by atoms with Gasteiger partial charge in [-0.2, -0.15) is 0 Å². The van der Waals surface area contributed by atoms with Crippen LogP contribution in [0.25, 0.3) is 0 Å². The molecule has 8 heteroatoms. The van der Waals surface area contributed by atoms with Crippen molar-refractivity contribution in [1.82, 2.24) is 0 Å². The van der Waals surface area contributed by atoms with Gasteiger partial charge in [-0.15, -0.1) is 0 Å². The summed E-state index contributed by atoms with van der Waals surface area (Å²) in [5, 5.41) is 37.7. The van der Waals surface area contributed by atoms with Crippen molar-refractivity contribution in [3.63, 3.8) is 0 Å². The Morgan fingerprint density at radius 1 is 0.542 bits per heavy atom. The van der Waals surface area contributed by atoms with E-state index in [1.165, 1.54) is 0 Å². The van der Waals surface area contributed by atoms with Crippen LogP contribution in [-0.4, -0.2) is 44.3 Å². The molecule has 0 spiro atoms. The average molecular weight is 342 g/mol. The van der Waals surface area contributed by atoms with Gasteiger partial charge in [0, 0.05) is 0 Å². The molecule has 2 fully saturated rings. The molecule has 2 aliphatic carbocycles. The zero-order valence-corrected chi connectivity index (χ0v) is 13.1. The van der Waals surface area contributed by atoms with Crippen LogP contribution < -0.4 is 0 Å². The molecule has 6 unspecified atom stereocenters. The SMILES string of the molecule is O=C(O)C1CCCC(C2CCCC(C(=O)O)C2C(=O)O)C1C(=O)O. The van der Waals surface area contributed by atoms with Crippen molar-refractivity contribution >= 4 is 23.9 Å². The molecule has 0 aromatic heterocycles. The molecule has 0 aliphatic heterocycles. The van der Waals surface area contributed by atoms with Gasteiger partial charge in [0.15, 0.2) is 0 Å². The normalized spacial score (nSPS) is 36.7. The second-order valence-electron chi connectivity index (χ2n) is 6.81. The Kier molecular flexibility index (Phi) is 5.46. The molecule has 0 bridgehead atoms. The first-order valence-corrected chi connectivity index (χ1v) is 8.17. The van der Waals surface area contributed by atoms with E-state index in [0.29, 0.717) is 25.7 Å². The van der Waals surface area contributed by atoms with E-state index in [0.717, 1.165) is 0 Å². The maximum atomic E-state index is 11.7. The Labute approximate surface area is 138 Å². The zero-order valence-electron chi connectivity index (χ0n) is 13.1. The van der Waals surface area contributed by atoms with Crippen LogP contribution in [0.2, 0.25) is 0 Å². The minimum absolute atomic E-state index is 0.246. The standard InChI is InChI=1S/C16H22O8/c17-13(18)9-5-1-3-7(11(9)15(21)22)8-4-2-6-10(14(19)20)12(8)16(23)24/h7-12H,1-6H2,(H,17,18)(H,19,20)(H,21,22)(H,23,24). The van der Waals surface area contributed by atoms with Crippen molar-refractivity contribution in [3.05, 3.63) is 0 Å². The van der Waals surface area contributed by atoms with E-state index in [-0.39, 0.29) is 12.8 Å². The number of carbonyl (C=O) groups is 4. The molecule has 0 saturated heterocycles. The van der Waals surface area contributed by atoms with Crippen LogP contribution in [0.1, 0.15) is 38.5 Å². The van der Waals surface area contributed by atoms with Gasteiger partial charge in [0.25, 0.3) is 0 Å². The highest BCUT2D eigenvalue weighted by Gasteiger charge is 2.51. The highest BCUT2D eigenvalue weighted by atomic mass is 16.4. The van der Waals surface area contributed by atoms with Crippen molar-refractivity contribution in [2.24, 2.45) is 35.5 Å². The van der Waals surface area contributed by atoms with E-state index >= 15 is 0 Å². The molecule has 24 heavy (non-hydrogen) atoms. The smallest absolute Gasteiger partial charge is 0.307 e. The van der Waals surface area contributed by atoms with E-state index in [1.54, 1.807) is 0 Å². The first-order valence-electron chi connectivity index (χ1n) is 8.17. The van der Waals surface area contributed by atoms with Crippen molar-refractivity contribution in [2.45, 2.75) is 38.5 Å². The number of aliphatic carboxylic acids is 4. The first kappa shape index (κ1) is 18.2. The van der Waals surface area contributed by atoms with Gasteiger partial charge in [-0.05, 0) is 37.5 Å². The van der Waals surface area contributed by atoms with Gasteiger partial charge in [-0.3, -0.25) is 19.2 Å². The van der Waals surface area contributed by atoms with Crippen LogP contribution in [0.15, 0.2) is 0 Å². The fourth-order valence-electron chi connectivity index (χ4n) is 4.69. The number of hydrogen-bond donors (Lipinski definition) is 4. The topological polar surface area (TPSA) is 149 Å². The van der Waals surface area contributed by atoms with Gasteiger partial charge in [0.05, 0.1) is 23.7 Å². The zero-order chi connectivity index (χ0) is 18.0. The van der Waals surface area contributed by atoms with Crippen LogP contribution in [0.4, 0.5) is 0 Å². The summed E-state index contributed by atoms with van der Waals surface area (Å²) in [6.07, 6.45) is 2.34. The number of hydrogen-bond acceptors (Lipinski definition) is 4. The monoisotopic (exact) mass is 342 g/mol. The summed E-state index contributed by atoms with van der Waals surface area (Å²) in [6, 6.07) is 0. The van der Waals surface area contributed by atoms with Gasteiger partial charge in [-0.1, -0.05) is 12.8 Å². The molecule has 4 N–H and O–H groups in total. The van der Waals surface area contributed by atoms with Crippen LogP contribution in [0.3, 0.4) is 0 Å². The van der Waals surface area contributed by atoms with Crippen LogP contribution in [0, 0.1) is 35.5 Å². The lowest BCUT2D eigenvalue weighted by Gasteiger charge is -2.43. The van der Waals surface area contributed by atoms with Gasteiger partial charge >= 0.3 is 23.9 Å². The van der Waals surface area contributed by atoms with E-state index in [1.807, 2.05) is 0 Å². The third-order valence-corrected chi connectivity index (χ3v) is 5.65. The van der Waals surface area contributed by atoms with E-state index in [2.05, 4.69) is 0 Å². The minimum atomic E-state index is -1.24. The van der Waals surface area contributed by atoms with Crippen LogP contribution >= 0.6 is 0 Å². The molecule has 134 valence electrons. The van der Waals surface area contributed by atoms with Crippen molar-refractivity contribution in [3.8, 4) is 0 Å². The summed E-state index contributed by atoms with van der Waals surface area (Å²) in [4.78, 5) is 46.2. The largest absolute Gasteiger partial charge is 0.481 e. The predicted octanol–water partition coefficient (Wildman–Crippen LogP) is 1.39. The molecule has 0 aromatic rings. The summed E-state index contributed by atoms with van der Waals surface area (Å²) < 4.78 is 0. The highest BCUT2D eigenvalue weighted by molar-refractivity contribution is 5.82. The van der Waals surface area contributed by atoms with Crippen molar-refractivity contribution in [1.29, 1.82) is 0 Å². The van der Waals surface area contributed by atoms with Gasteiger partial charge in [-0.25, -0.2) is 0 Å². The first-order chi connectivity index (χ1) is 11.3.